The van der Waals surface area contributed by atoms with E-state index in [4.69, 9.17) is 35.3 Å². The normalized spacial score (nSPS) is 12.5. The number of anilines is 1. The molecular formula is C25H26N8O6. The number of nitrogen functional groups attached to an aromatic ring is 1. The first-order valence-corrected chi connectivity index (χ1v) is 11.6. The Kier molecular flexibility index (Phi) is 8.04. The first-order valence-electron chi connectivity index (χ1n) is 11.6. The molecule has 0 saturated carbocycles. The molecule has 0 aliphatic carbocycles. The summed E-state index contributed by atoms with van der Waals surface area (Å²) in [5, 5.41) is 22.9. The number of nitrogens with one attached hydrogen (secondary N) is 3. The van der Waals surface area contributed by atoms with Gasteiger partial charge in [0.15, 0.2) is 17.3 Å². The lowest BCUT2D eigenvalue weighted by molar-refractivity contribution is -0.134. The van der Waals surface area contributed by atoms with Crippen LogP contribution in [0.25, 0.3) is 5.95 Å². The van der Waals surface area contributed by atoms with Gasteiger partial charge in [-0.05, 0) is 48.0 Å². The average molecular weight is 535 g/mol. The molecule has 14 nitrogen and oxygen atoms in total. The molecule has 6 N–H and O–H groups in total. The maximum Gasteiger partial charge on any atom is 0.350 e. The van der Waals surface area contributed by atoms with Gasteiger partial charge in [-0.15, -0.1) is 9.78 Å². The van der Waals surface area contributed by atoms with E-state index in [1.54, 1.807) is 43.5 Å². The fraction of sp³-hybridized carbons (Fsp3) is 0.200. The number of aromatic nitrogens is 5. The lowest BCUT2D eigenvalue weighted by Crippen LogP contribution is -2.19. The predicted octanol–water partition coefficient (Wildman–Crippen LogP) is 1.71. The van der Waals surface area contributed by atoms with Gasteiger partial charge in [0.05, 0.1) is 7.11 Å². The second-order valence-electron chi connectivity index (χ2n) is 8.11. The lowest BCUT2D eigenvalue weighted by atomic mass is 10.0. The molecule has 0 spiro atoms. The monoisotopic (exact) mass is 534 g/mol. The summed E-state index contributed by atoms with van der Waals surface area (Å²) in [7, 11) is 1.55. The summed E-state index contributed by atoms with van der Waals surface area (Å²) < 4.78 is 18.2. The molecule has 0 amide bonds. The van der Waals surface area contributed by atoms with E-state index in [2.05, 4.69) is 25.4 Å². The second kappa shape index (κ2) is 11.8. The number of hydrogen-bond donors (Lipinski definition) is 5. The highest BCUT2D eigenvalue weighted by Crippen LogP contribution is 2.42. The smallest absolute Gasteiger partial charge is 0.350 e. The van der Waals surface area contributed by atoms with Crippen LogP contribution in [0.4, 0.5) is 5.69 Å². The van der Waals surface area contributed by atoms with E-state index in [1.165, 1.54) is 12.4 Å². The topological polar surface area (TPSA) is 203 Å². The molecule has 3 heterocycles. The molecule has 1 unspecified atom stereocenters. The Hall–Kier alpha value is -5.40. The molecule has 1 aliphatic heterocycles. The number of hydrogen-bond acceptors (Lipinski definition) is 10. The summed E-state index contributed by atoms with van der Waals surface area (Å²) in [5.74, 6) is 1.13. The van der Waals surface area contributed by atoms with Crippen LogP contribution in [0.1, 0.15) is 29.9 Å². The number of amidine groups is 1. The molecule has 202 valence electrons. The Labute approximate surface area is 221 Å². The number of carboxylic acids is 1. The third kappa shape index (κ3) is 6.30. The third-order valence-electron chi connectivity index (χ3n) is 5.34. The minimum Gasteiger partial charge on any atom is -0.493 e. The van der Waals surface area contributed by atoms with Gasteiger partial charge >= 0.3 is 5.69 Å². The molecule has 5 rings (SSSR count). The molecular weight excluding hydrogens is 508 g/mol. The zero-order chi connectivity index (χ0) is 27.9. The van der Waals surface area contributed by atoms with E-state index in [-0.39, 0.29) is 11.8 Å². The van der Waals surface area contributed by atoms with Crippen molar-refractivity contribution in [3.63, 3.8) is 0 Å². The molecule has 14 heteroatoms. The Morgan fingerprint density at radius 3 is 2.51 bits per heavy atom. The van der Waals surface area contributed by atoms with Crippen molar-refractivity contribution in [3.05, 3.63) is 82.3 Å². The van der Waals surface area contributed by atoms with Crippen molar-refractivity contribution in [2.24, 2.45) is 5.73 Å². The first kappa shape index (κ1) is 26.7. The van der Waals surface area contributed by atoms with Crippen molar-refractivity contribution < 1.29 is 24.1 Å². The number of carbonyl (C=O) groups is 1. The minimum atomic E-state index is -0.833. The van der Waals surface area contributed by atoms with Crippen LogP contribution in [0.5, 0.6) is 17.2 Å². The Balaban J connectivity index is 0.000000826. The quantitative estimate of drug-likeness (QED) is 0.170. The van der Waals surface area contributed by atoms with Gasteiger partial charge in [0, 0.05) is 30.6 Å². The van der Waals surface area contributed by atoms with Crippen LogP contribution in [0.3, 0.4) is 0 Å². The van der Waals surface area contributed by atoms with Crippen molar-refractivity contribution in [1.29, 1.82) is 5.41 Å². The van der Waals surface area contributed by atoms with E-state index in [9.17, 15) is 4.79 Å². The Morgan fingerprint density at radius 2 is 1.87 bits per heavy atom. The molecule has 4 aromatic rings. The molecule has 0 fully saturated rings. The summed E-state index contributed by atoms with van der Waals surface area (Å²) >= 11 is 0. The van der Waals surface area contributed by atoms with Gasteiger partial charge in [-0.25, -0.2) is 14.8 Å². The van der Waals surface area contributed by atoms with Gasteiger partial charge in [-0.1, -0.05) is 0 Å². The maximum atomic E-state index is 12.7. The second-order valence-corrected chi connectivity index (χ2v) is 8.11. The molecule has 0 saturated heterocycles. The maximum absolute atomic E-state index is 12.7. The number of benzene rings is 2. The van der Waals surface area contributed by atoms with Crippen LogP contribution in [0.2, 0.25) is 0 Å². The van der Waals surface area contributed by atoms with Crippen LogP contribution in [-0.4, -0.2) is 62.0 Å². The van der Waals surface area contributed by atoms with E-state index in [0.29, 0.717) is 53.1 Å². The van der Waals surface area contributed by atoms with Crippen LogP contribution in [0, 0.1) is 5.41 Å². The van der Waals surface area contributed by atoms with Gasteiger partial charge in [0.1, 0.15) is 25.1 Å². The highest BCUT2D eigenvalue weighted by Gasteiger charge is 2.26. The highest BCUT2D eigenvalue weighted by molar-refractivity contribution is 5.95. The molecule has 2 aromatic carbocycles. The molecule has 2 aromatic heterocycles. The number of nitrogens with zero attached hydrogens (tertiary/aromatic N) is 4. The van der Waals surface area contributed by atoms with E-state index < -0.39 is 17.7 Å². The summed E-state index contributed by atoms with van der Waals surface area (Å²) in [6, 6.07) is 11.7. The minimum absolute atomic E-state index is 0.0318. The average Bonchev–Trinajstić information content (AvgIpc) is 3.32. The predicted molar refractivity (Wildman–Crippen MR) is 140 cm³/mol. The molecule has 1 atom stereocenters. The molecule has 0 bridgehead atoms. The van der Waals surface area contributed by atoms with Crippen molar-refractivity contribution in [3.8, 4) is 23.2 Å². The number of aliphatic carboxylic acids is 1. The van der Waals surface area contributed by atoms with Gasteiger partial charge in [-0.2, -0.15) is 0 Å². The number of carboxylic acid groups (broad SMARTS) is 1. The van der Waals surface area contributed by atoms with Crippen LogP contribution < -0.4 is 31.0 Å². The lowest BCUT2D eigenvalue weighted by Gasteiger charge is -2.24. The Morgan fingerprint density at radius 1 is 1.21 bits per heavy atom. The van der Waals surface area contributed by atoms with Gasteiger partial charge in [0.25, 0.3) is 11.9 Å². The Bertz CT molecular complexity index is 1500. The fourth-order valence-corrected chi connectivity index (χ4v) is 3.69. The SMILES string of the molecule is CC(=O)O.COc1cc(C(Nc2ccc(C(=N)N)cc2)c2nn(-c3ncccn3)c(=O)[nH]2)cc2c1OCCO2. The fourth-order valence-electron chi connectivity index (χ4n) is 3.69. The van der Waals surface area contributed by atoms with Crippen molar-refractivity contribution in [2.45, 2.75) is 13.0 Å². The number of methoxy groups -OCH3 is 1. The summed E-state index contributed by atoms with van der Waals surface area (Å²) in [4.78, 5) is 32.8. The van der Waals surface area contributed by atoms with E-state index >= 15 is 0 Å². The number of fused-ring (bicyclic) bond motifs is 1. The molecule has 0 radical (unpaired) electrons. The molecule has 39 heavy (non-hydrogen) atoms. The summed E-state index contributed by atoms with van der Waals surface area (Å²) in [5.41, 5.74) is 7.09. The van der Waals surface area contributed by atoms with E-state index in [0.717, 1.165) is 11.6 Å². The van der Waals surface area contributed by atoms with Crippen LogP contribution in [-0.2, 0) is 4.79 Å². The summed E-state index contributed by atoms with van der Waals surface area (Å²) in [6.07, 6.45) is 3.06. The number of rotatable bonds is 7. The van der Waals surface area contributed by atoms with E-state index in [1.807, 2.05) is 6.07 Å². The highest BCUT2D eigenvalue weighted by atomic mass is 16.6. The zero-order valence-corrected chi connectivity index (χ0v) is 21.0. The largest absolute Gasteiger partial charge is 0.493 e. The number of aromatic amines is 1. The van der Waals surface area contributed by atoms with Crippen molar-refractivity contribution >= 4 is 17.5 Å². The number of H-pyrrole nitrogens is 1. The van der Waals surface area contributed by atoms with Crippen molar-refractivity contribution in [1.82, 2.24) is 24.7 Å². The van der Waals surface area contributed by atoms with Crippen molar-refractivity contribution in [2.75, 3.05) is 25.6 Å². The van der Waals surface area contributed by atoms with Crippen LogP contribution in [0.15, 0.2) is 59.7 Å². The van der Waals surface area contributed by atoms with Gasteiger partial charge < -0.3 is 30.4 Å². The standard InChI is InChI=1S/C23H22N8O4.C2H4O2/c1-33-16-11-14(12-17-19(16)35-10-9-34-17)18(28-15-5-3-13(4-6-15)20(24)25)21-29-23(32)31(30-21)22-26-7-2-8-27-22;1-2(3)4/h2-8,11-12,18,28H,9-10H2,1H3,(H3,24,25)(H,29,30,32);1H3,(H,3,4). The van der Waals surface area contributed by atoms with Gasteiger partial charge in [-0.3, -0.25) is 15.2 Å². The zero-order valence-electron chi connectivity index (χ0n) is 21.0. The molecule has 1 aliphatic rings. The number of nitrogens with two attached hydrogens (primary N) is 1. The van der Waals surface area contributed by atoms with Crippen LogP contribution >= 0.6 is 0 Å². The first-order chi connectivity index (χ1) is 18.8. The number of ether oxygens (including phenoxy) is 3. The summed E-state index contributed by atoms with van der Waals surface area (Å²) in [6.45, 7) is 1.91. The third-order valence-corrected chi connectivity index (χ3v) is 5.34. The van der Waals surface area contributed by atoms with Gasteiger partial charge in [0.2, 0.25) is 5.75 Å².